The Balaban J connectivity index is 1.74. The molecule has 0 radical (unpaired) electrons. The van der Waals surface area contributed by atoms with Gasteiger partial charge >= 0.3 is 0 Å². The number of thiazole rings is 1. The van der Waals surface area contributed by atoms with Gasteiger partial charge in [-0.15, -0.1) is 11.3 Å². The molecular weight excluding hydrogens is 416 g/mol. The third-order valence-corrected chi connectivity index (χ3v) is 5.86. The third-order valence-electron chi connectivity index (χ3n) is 4.50. The van der Waals surface area contributed by atoms with Crippen molar-refractivity contribution in [2.24, 2.45) is 5.73 Å². The molecule has 4 N–H and O–H groups in total. The molecule has 0 aromatic carbocycles. The first kappa shape index (κ1) is 17.4. The van der Waals surface area contributed by atoms with Gasteiger partial charge in [-0.1, -0.05) is 0 Å². The number of aryl methyl sites for hydroxylation is 1. The van der Waals surface area contributed by atoms with Gasteiger partial charge in [0.1, 0.15) is 11.3 Å². The Labute approximate surface area is 163 Å². The summed E-state index contributed by atoms with van der Waals surface area (Å²) in [6, 6.07) is 0.147. The highest BCUT2D eigenvalue weighted by molar-refractivity contribution is 9.10. The van der Waals surface area contributed by atoms with Gasteiger partial charge in [0, 0.05) is 36.9 Å². The number of carbonyl (C=O) groups excluding carboxylic acids is 1. The predicted molar refractivity (Wildman–Crippen MR) is 108 cm³/mol. The summed E-state index contributed by atoms with van der Waals surface area (Å²) in [7, 11) is 0. The fourth-order valence-electron chi connectivity index (χ4n) is 3.33. The lowest BCUT2D eigenvalue weighted by Gasteiger charge is -2.33. The van der Waals surface area contributed by atoms with Gasteiger partial charge in [0.2, 0.25) is 0 Å². The molecule has 1 saturated heterocycles. The molecule has 7 nitrogen and oxygen atoms in total. The molecule has 9 heteroatoms. The Bertz CT molecular complexity index is 967. The van der Waals surface area contributed by atoms with Crippen LogP contribution in [0.5, 0.6) is 0 Å². The number of nitrogens with zero attached hydrogens (tertiary/aromatic N) is 3. The number of hydrogen-bond acceptors (Lipinski definition) is 6. The highest BCUT2D eigenvalue weighted by atomic mass is 79.9. The van der Waals surface area contributed by atoms with Gasteiger partial charge in [0.05, 0.1) is 26.2 Å². The van der Waals surface area contributed by atoms with Crippen LogP contribution >= 0.6 is 27.3 Å². The molecule has 0 spiro atoms. The summed E-state index contributed by atoms with van der Waals surface area (Å²) in [5, 5.41) is 6.48. The summed E-state index contributed by atoms with van der Waals surface area (Å²) in [4.78, 5) is 26.6. The third kappa shape index (κ3) is 3.22. The average Bonchev–Trinajstić information content (AvgIpc) is 3.22. The Morgan fingerprint density at radius 2 is 2.38 bits per heavy atom. The number of piperidine rings is 1. The van der Waals surface area contributed by atoms with Crippen LogP contribution in [0.3, 0.4) is 0 Å². The molecule has 1 amide bonds. The van der Waals surface area contributed by atoms with Gasteiger partial charge in [-0.05, 0) is 35.7 Å². The van der Waals surface area contributed by atoms with E-state index in [-0.39, 0.29) is 11.9 Å². The number of aromatic nitrogens is 3. The minimum absolute atomic E-state index is 0.147. The van der Waals surface area contributed by atoms with Crippen molar-refractivity contribution in [2.45, 2.75) is 25.8 Å². The number of anilines is 2. The van der Waals surface area contributed by atoms with Crippen molar-refractivity contribution >= 4 is 55.6 Å². The summed E-state index contributed by atoms with van der Waals surface area (Å²) in [5.74, 6) is -0.225. The summed E-state index contributed by atoms with van der Waals surface area (Å²) in [6.07, 6.45) is 5.63. The molecule has 1 unspecified atom stereocenters. The van der Waals surface area contributed by atoms with Crippen LogP contribution in [-0.2, 0) is 0 Å². The number of pyridine rings is 1. The van der Waals surface area contributed by atoms with E-state index in [0.29, 0.717) is 11.4 Å². The Hall–Kier alpha value is -1.97. The Kier molecular flexibility index (Phi) is 4.68. The summed E-state index contributed by atoms with van der Waals surface area (Å²) in [5.41, 5.74) is 9.03. The Morgan fingerprint density at radius 1 is 1.54 bits per heavy atom. The smallest absolute Gasteiger partial charge is 0.275 e. The van der Waals surface area contributed by atoms with E-state index in [9.17, 15) is 4.79 Å². The SMILES string of the molecule is Cc1nc(C(=O)Nc2c[nH]c3ncc(Br)c(N4CCCC(N)C4)c23)cs1. The zero-order valence-corrected chi connectivity index (χ0v) is 16.7. The number of fused-ring (bicyclic) bond motifs is 1. The molecule has 0 saturated carbocycles. The fourth-order valence-corrected chi connectivity index (χ4v) is 4.47. The first-order valence-electron chi connectivity index (χ1n) is 8.42. The highest BCUT2D eigenvalue weighted by Crippen LogP contribution is 2.38. The molecular formula is C17H19BrN6OS. The van der Waals surface area contributed by atoms with E-state index in [4.69, 9.17) is 5.73 Å². The molecule has 4 rings (SSSR count). The zero-order valence-electron chi connectivity index (χ0n) is 14.3. The van der Waals surface area contributed by atoms with Crippen molar-refractivity contribution in [1.82, 2.24) is 15.0 Å². The van der Waals surface area contributed by atoms with Crippen molar-refractivity contribution in [3.8, 4) is 0 Å². The van der Waals surface area contributed by atoms with Crippen molar-refractivity contribution in [3.63, 3.8) is 0 Å². The summed E-state index contributed by atoms with van der Waals surface area (Å²) in [6.45, 7) is 3.59. The van der Waals surface area contributed by atoms with Gasteiger partial charge in [-0.2, -0.15) is 0 Å². The highest BCUT2D eigenvalue weighted by Gasteiger charge is 2.24. The first-order valence-corrected chi connectivity index (χ1v) is 10.1. The quantitative estimate of drug-likeness (QED) is 0.587. The van der Waals surface area contributed by atoms with Gasteiger partial charge in [0.15, 0.2) is 0 Å². The monoisotopic (exact) mass is 434 g/mol. The molecule has 1 atom stereocenters. The molecule has 1 aliphatic heterocycles. The maximum Gasteiger partial charge on any atom is 0.275 e. The fraction of sp³-hybridized carbons (Fsp3) is 0.353. The summed E-state index contributed by atoms with van der Waals surface area (Å²) >= 11 is 5.08. The van der Waals surface area contributed by atoms with Crippen molar-refractivity contribution in [1.29, 1.82) is 0 Å². The van der Waals surface area contributed by atoms with Gasteiger partial charge in [-0.3, -0.25) is 4.79 Å². The molecule has 26 heavy (non-hydrogen) atoms. The van der Waals surface area contributed by atoms with Crippen LogP contribution in [0.4, 0.5) is 11.4 Å². The van der Waals surface area contributed by atoms with E-state index in [0.717, 1.165) is 52.1 Å². The number of carbonyl (C=O) groups is 1. The molecule has 3 aromatic rings. The number of rotatable bonds is 3. The van der Waals surface area contributed by atoms with Crippen molar-refractivity contribution in [3.05, 3.63) is 32.9 Å². The standard InChI is InChI=1S/C17H19BrN6OS/c1-9-22-13(8-26-9)17(25)23-12-6-21-16-14(12)15(11(18)5-20-16)24-4-2-3-10(19)7-24/h5-6,8,10H,2-4,7,19H2,1H3,(H,20,21)(H,23,25). The number of amides is 1. The van der Waals surface area contributed by atoms with E-state index < -0.39 is 0 Å². The number of nitrogens with two attached hydrogens (primary N) is 1. The van der Waals surface area contributed by atoms with Crippen LogP contribution < -0.4 is 16.0 Å². The largest absolute Gasteiger partial charge is 0.368 e. The van der Waals surface area contributed by atoms with Crippen LogP contribution in [0.1, 0.15) is 28.3 Å². The normalized spacial score (nSPS) is 17.7. The maximum absolute atomic E-state index is 12.5. The van der Waals surface area contributed by atoms with E-state index in [2.05, 4.69) is 41.1 Å². The Morgan fingerprint density at radius 3 is 3.12 bits per heavy atom. The molecule has 136 valence electrons. The topological polar surface area (TPSA) is 99.9 Å². The minimum atomic E-state index is -0.225. The van der Waals surface area contributed by atoms with Crippen molar-refractivity contribution < 1.29 is 4.79 Å². The van der Waals surface area contributed by atoms with E-state index in [1.165, 1.54) is 11.3 Å². The van der Waals surface area contributed by atoms with Gasteiger partial charge < -0.3 is 20.9 Å². The second kappa shape index (κ2) is 6.98. The first-order chi connectivity index (χ1) is 12.5. The lowest BCUT2D eigenvalue weighted by atomic mass is 10.1. The van der Waals surface area contributed by atoms with Crippen LogP contribution in [0.15, 0.2) is 22.2 Å². The van der Waals surface area contributed by atoms with E-state index >= 15 is 0 Å². The van der Waals surface area contributed by atoms with E-state index in [1.54, 1.807) is 17.8 Å². The average molecular weight is 435 g/mol. The van der Waals surface area contributed by atoms with Gasteiger partial charge in [-0.25, -0.2) is 9.97 Å². The lowest BCUT2D eigenvalue weighted by molar-refractivity contribution is 0.102. The van der Waals surface area contributed by atoms with Crippen molar-refractivity contribution in [2.75, 3.05) is 23.3 Å². The zero-order chi connectivity index (χ0) is 18.3. The van der Waals surface area contributed by atoms with Crippen LogP contribution in [-0.4, -0.2) is 40.0 Å². The summed E-state index contributed by atoms with van der Waals surface area (Å²) < 4.78 is 0.888. The second-order valence-corrected chi connectivity index (χ2v) is 8.35. The second-order valence-electron chi connectivity index (χ2n) is 6.43. The van der Waals surface area contributed by atoms with Crippen LogP contribution in [0.2, 0.25) is 0 Å². The number of halogens is 1. The number of nitrogens with one attached hydrogen (secondary N) is 2. The van der Waals surface area contributed by atoms with E-state index in [1.807, 2.05) is 6.92 Å². The van der Waals surface area contributed by atoms with Crippen LogP contribution in [0, 0.1) is 6.92 Å². The molecule has 4 heterocycles. The number of H-pyrrole nitrogens is 1. The molecule has 3 aromatic heterocycles. The van der Waals surface area contributed by atoms with Crippen LogP contribution in [0.25, 0.3) is 11.0 Å². The minimum Gasteiger partial charge on any atom is -0.368 e. The van der Waals surface area contributed by atoms with Gasteiger partial charge in [0.25, 0.3) is 5.91 Å². The number of aromatic amines is 1. The number of hydrogen-bond donors (Lipinski definition) is 3. The predicted octanol–water partition coefficient (Wildman–Crippen LogP) is 3.27. The molecule has 1 aliphatic rings. The molecule has 0 aliphatic carbocycles. The molecule has 1 fully saturated rings. The molecule has 0 bridgehead atoms. The maximum atomic E-state index is 12.5. The lowest BCUT2D eigenvalue weighted by Crippen LogP contribution is -2.43.